The average molecular weight is 331 g/mol. The van der Waals surface area contributed by atoms with Crippen LogP contribution in [0.25, 0.3) is 0 Å². The molecule has 0 saturated heterocycles. The molecular formula is C19H29N3O2. The van der Waals surface area contributed by atoms with Crippen molar-refractivity contribution >= 4 is 17.5 Å². The highest BCUT2D eigenvalue weighted by Crippen LogP contribution is 2.30. The summed E-state index contributed by atoms with van der Waals surface area (Å²) in [4.78, 5) is 25.8. The molecule has 5 nitrogen and oxygen atoms in total. The van der Waals surface area contributed by atoms with E-state index in [1.165, 1.54) is 32.6 Å². The molecule has 1 aliphatic carbocycles. The summed E-state index contributed by atoms with van der Waals surface area (Å²) in [5.41, 5.74) is 1.38. The van der Waals surface area contributed by atoms with Crippen molar-refractivity contribution in [2.45, 2.75) is 51.0 Å². The Kier molecular flexibility index (Phi) is 6.37. The zero-order valence-electron chi connectivity index (χ0n) is 15.0. The number of carbonyl (C=O) groups excluding carboxylic acids is 2. The van der Waals surface area contributed by atoms with E-state index in [0.29, 0.717) is 17.8 Å². The number of carbonyl (C=O) groups is 2. The number of rotatable bonds is 5. The van der Waals surface area contributed by atoms with E-state index in [2.05, 4.69) is 29.6 Å². The van der Waals surface area contributed by atoms with E-state index in [1.807, 2.05) is 0 Å². The molecular weight excluding hydrogens is 302 g/mol. The summed E-state index contributed by atoms with van der Waals surface area (Å²) in [6, 6.07) is 7.00. The normalized spacial score (nSPS) is 17.2. The molecule has 0 bridgehead atoms. The van der Waals surface area contributed by atoms with Gasteiger partial charge in [0.1, 0.15) is 0 Å². The molecule has 1 aromatic carbocycles. The number of nitrogens with one attached hydrogen (secondary N) is 2. The van der Waals surface area contributed by atoms with E-state index >= 15 is 0 Å². The van der Waals surface area contributed by atoms with Gasteiger partial charge in [-0.15, -0.1) is 0 Å². The van der Waals surface area contributed by atoms with Crippen LogP contribution in [-0.2, 0) is 4.79 Å². The molecule has 1 fully saturated rings. The second-order valence-corrected chi connectivity index (χ2v) is 6.97. The van der Waals surface area contributed by atoms with Gasteiger partial charge in [-0.2, -0.15) is 0 Å². The van der Waals surface area contributed by atoms with Gasteiger partial charge in [-0.25, -0.2) is 0 Å². The van der Waals surface area contributed by atoms with Crippen LogP contribution in [0.1, 0.15) is 55.8 Å². The van der Waals surface area contributed by atoms with E-state index in [-0.39, 0.29) is 17.4 Å². The van der Waals surface area contributed by atoms with E-state index in [4.69, 9.17) is 0 Å². The number of hydrogen-bond donors (Lipinski definition) is 2. The first-order valence-corrected chi connectivity index (χ1v) is 8.76. The quantitative estimate of drug-likeness (QED) is 0.815. The number of amides is 2. The largest absolute Gasteiger partial charge is 0.350 e. The van der Waals surface area contributed by atoms with Crippen LogP contribution in [0.3, 0.4) is 0 Å². The second kappa shape index (κ2) is 8.29. The summed E-state index contributed by atoms with van der Waals surface area (Å²) in [5.74, 6) is -0.177. The Labute approximate surface area is 144 Å². The highest BCUT2D eigenvalue weighted by atomic mass is 16.2. The lowest BCUT2D eigenvalue weighted by Crippen LogP contribution is -2.52. The van der Waals surface area contributed by atoms with Gasteiger partial charge < -0.3 is 15.5 Å². The first kappa shape index (κ1) is 18.5. The Bertz CT molecular complexity index is 558. The predicted octanol–water partition coefficient (Wildman–Crippen LogP) is 3.03. The van der Waals surface area contributed by atoms with E-state index in [9.17, 15) is 9.59 Å². The second-order valence-electron chi connectivity index (χ2n) is 6.97. The van der Waals surface area contributed by atoms with E-state index in [1.54, 1.807) is 24.3 Å². The molecule has 5 heteroatoms. The fourth-order valence-corrected chi connectivity index (χ4v) is 3.42. The van der Waals surface area contributed by atoms with Crippen molar-refractivity contribution in [1.82, 2.24) is 10.2 Å². The first-order chi connectivity index (χ1) is 11.4. The molecule has 1 saturated carbocycles. The first-order valence-electron chi connectivity index (χ1n) is 8.76. The van der Waals surface area contributed by atoms with Crippen LogP contribution in [0, 0.1) is 0 Å². The fraction of sp³-hybridized carbons (Fsp3) is 0.579. The topological polar surface area (TPSA) is 61.4 Å². The number of likely N-dealkylation sites (N-methyl/N-ethyl adjacent to an activating group) is 1. The summed E-state index contributed by atoms with van der Waals surface area (Å²) in [6.07, 6.45) is 7.27. The molecule has 0 aromatic heterocycles. The lowest BCUT2D eigenvalue weighted by atomic mass is 9.88. The Morgan fingerprint density at radius 1 is 1.04 bits per heavy atom. The maximum atomic E-state index is 12.5. The molecule has 1 aromatic rings. The van der Waals surface area contributed by atoms with Crippen molar-refractivity contribution in [3.63, 3.8) is 0 Å². The van der Waals surface area contributed by atoms with Gasteiger partial charge >= 0.3 is 0 Å². The minimum absolute atomic E-state index is 0.0578. The Morgan fingerprint density at radius 2 is 1.62 bits per heavy atom. The molecule has 0 heterocycles. The van der Waals surface area contributed by atoms with Crippen LogP contribution >= 0.6 is 0 Å². The predicted molar refractivity (Wildman–Crippen MR) is 97.2 cm³/mol. The number of hydrogen-bond acceptors (Lipinski definition) is 3. The molecule has 1 aliphatic rings. The van der Waals surface area contributed by atoms with Crippen LogP contribution in [0.5, 0.6) is 0 Å². The third-order valence-corrected chi connectivity index (χ3v) is 5.03. The van der Waals surface area contributed by atoms with Gasteiger partial charge in [0.15, 0.2) is 0 Å². The van der Waals surface area contributed by atoms with Crippen LogP contribution in [-0.4, -0.2) is 42.9 Å². The average Bonchev–Trinajstić information content (AvgIpc) is 2.79. The molecule has 2 N–H and O–H groups in total. The standard InChI is InChI=1S/C19H29N3O2/c1-15(23)21-17-10-8-16(9-11-17)18(24)20-14-19(22(2)3)12-6-4-5-7-13-19/h8-11H,4-7,12-14H2,1-3H3,(H,20,24)(H,21,23). The smallest absolute Gasteiger partial charge is 0.251 e. The maximum Gasteiger partial charge on any atom is 0.251 e. The lowest BCUT2D eigenvalue weighted by Gasteiger charge is -2.39. The maximum absolute atomic E-state index is 12.5. The zero-order chi connectivity index (χ0) is 17.6. The van der Waals surface area contributed by atoms with Crippen molar-refractivity contribution in [1.29, 1.82) is 0 Å². The molecule has 0 unspecified atom stereocenters. The van der Waals surface area contributed by atoms with Gasteiger partial charge in [-0.1, -0.05) is 25.7 Å². The fourth-order valence-electron chi connectivity index (χ4n) is 3.42. The van der Waals surface area contributed by atoms with Crippen molar-refractivity contribution in [3.8, 4) is 0 Å². The molecule has 0 aliphatic heterocycles. The Balaban J connectivity index is 1.98. The summed E-state index contributed by atoms with van der Waals surface area (Å²) < 4.78 is 0. The molecule has 2 rings (SSSR count). The van der Waals surface area contributed by atoms with E-state index < -0.39 is 0 Å². The zero-order valence-corrected chi connectivity index (χ0v) is 15.0. The number of benzene rings is 1. The van der Waals surface area contributed by atoms with Gasteiger partial charge in [0.2, 0.25) is 5.91 Å². The van der Waals surface area contributed by atoms with Crippen LogP contribution in [0.2, 0.25) is 0 Å². The van der Waals surface area contributed by atoms with Crippen molar-refractivity contribution < 1.29 is 9.59 Å². The summed E-state index contributed by atoms with van der Waals surface area (Å²) in [5, 5.41) is 5.82. The number of nitrogens with zero attached hydrogens (tertiary/aromatic N) is 1. The lowest BCUT2D eigenvalue weighted by molar-refractivity contribution is -0.114. The summed E-state index contributed by atoms with van der Waals surface area (Å²) in [6.45, 7) is 2.14. The molecule has 2 amide bonds. The molecule has 24 heavy (non-hydrogen) atoms. The van der Waals surface area contributed by atoms with Crippen LogP contribution < -0.4 is 10.6 Å². The Morgan fingerprint density at radius 3 is 2.12 bits per heavy atom. The van der Waals surface area contributed by atoms with Crippen LogP contribution in [0.4, 0.5) is 5.69 Å². The van der Waals surface area contributed by atoms with Gasteiger partial charge in [0.05, 0.1) is 0 Å². The third kappa shape index (κ3) is 4.81. The highest BCUT2D eigenvalue weighted by Gasteiger charge is 2.33. The van der Waals surface area contributed by atoms with Crippen molar-refractivity contribution in [2.75, 3.05) is 26.0 Å². The minimum Gasteiger partial charge on any atom is -0.350 e. The summed E-state index contributed by atoms with van der Waals surface area (Å²) >= 11 is 0. The molecule has 0 radical (unpaired) electrons. The minimum atomic E-state index is -0.117. The molecule has 0 spiro atoms. The van der Waals surface area contributed by atoms with Gasteiger partial charge in [-0.3, -0.25) is 9.59 Å². The Hall–Kier alpha value is -1.88. The SMILES string of the molecule is CC(=O)Nc1ccc(C(=O)NCC2(N(C)C)CCCCCC2)cc1. The highest BCUT2D eigenvalue weighted by molar-refractivity contribution is 5.95. The monoisotopic (exact) mass is 331 g/mol. The third-order valence-electron chi connectivity index (χ3n) is 5.03. The van der Waals surface area contributed by atoms with Crippen molar-refractivity contribution in [3.05, 3.63) is 29.8 Å². The molecule has 132 valence electrons. The van der Waals surface area contributed by atoms with Gasteiger partial charge in [0, 0.05) is 30.3 Å². The molecule has 0 atom stereocenters. The van der Waals surface area contributed by atoms with Gasteiger partial charge in [-0.05, 0) is 51.2 Å². The van der Waals surface area contributed by atoms with Crippen molar-refractivity contribution in [2.24, 2.45) is 0 Å². The van der Waals surface area contributed by atoms with Crippen LogP contribution in [0.15, 0.2) is 24.3 Å². The number of anilines is 1. The summed E-state index contributed by atoms with van der Waals surface area (Å²) in [7, 11) is 4.22. The van der Waals surface area contributed by atoms with Gasteiger partial charge in [0.25, 0.3) is 5.91 Å². The van der Waals surface area contributed by atoms with E-state index in [0.717, 1.165) is 12.8 Å².